The van der Waals surface area contributed by atoms with Gasteiger partial charge >= 0.3 is 0 Å². The number of hydrogen-bond acceptors (Lipinski definition) is 3. The molecule has 1 unspecified atom stereocenters. The molecule has 0 radical (unpaired) electrons. The monoisotopic (exact) mass is 295 g/mol. The van der Waals surface area contributed by atoms with Crippen LogP contribution >= 0.6 is 0 Å². The van der Waals surface area contributed by atoms with Gasteiger partial charge in [-0.1, -0.05) is 13.8 Å². The van der Waals surface area contributed by atoms with Gasteiger partial charge in [-0.25, -0.2) is 0 Å². The van der Waals surface area contributed by atoms with Crippen molar-refractivity contribution in [3.63, 3.8) is 0 Å². The van der Waals surface area contributed by atoms with E-state index in [-0.39, 0.29) is 23.1 Å². The molecule has 2 fully saturated rings. The minimum Gasteiger partial charge on any atom is -0.359 e. The predicted octanol–water partition coefficient (Wildman–Crippen LogP) is 0.997. The van der Waals surface area contributed by atoms with Crippen LogP contribution in [0.2, 0.25) is 0 Å². The second-order valence-electron chi connectivity index (χ2n) is 6.95. The summed E-state index contributed by atoms with van der Waals surface area (Å²) in [6, 6.07) is 0. The first kappa shape index (κ1) is 16.3. The Morgan fingerprint density at radius 3 is 2.38 bits per heavy atom. The first-order chi connectivity index (χ1) is 9.96. The number of carbonyl (C=O) groups excluding carboxylic acids is 2. The summed E-state index contributed by atoms with van der Waals surface area (Å²) in [5.41, 5.74) is -0.312. The van der Waals surface area contributed by atoms with Gasteiger partial charge in [-0.2, -0.15) is 0 Å². The number of nitrogens with one attached hydrogen (secondary N) is 2. The van der Waals surface area contributed by atoms with Crippen molar-refractivity contribution in [2.24, 2.45) is 17.3 Å². The fourth-order valence-electron chi connectivity index (χ4n) is 3.60. The maximum Gasteiger partial charge on any atom is 0.228 e. The van der Waals surface area contributed by atoms with Crippen LogP contribution in [-0.2, 0) is 9.59 Å². The Morgan fingerprint density at radius 2 is 1.86 bits per heavy atom. The Bertz CT molecular complexity index is 381. The van der Waals surface area contributed by atoms with Crippen LogP contribution in [0.4, 0.5) is 0 Å². The van der Waals surface area contributed by atoms with Crippen LogP contribution in [0.1, 0.15) is 39.5 Å². The molecule has 5 nitrogen and oxygen atoms in total. The van der Waals surface area contributed by atoms with Crippen LogP contribution in [-0.4, -0.2) is 49.9 Å². The lowest BCUT2D eigenvalue weighted by atomic mass is 9.73. The van der Waals surface area contributed by atoms with Crippen LogP contribution in [0, 0.1) is 17.3 Å². The van der Waals surface area contributed by atoms with Gasteiger partial charge < -0.3 is 15.5 Å². The zero-order chi connectivity index (χ0) is 15.5. The van der Waals surface area contributed by atoms with Crippen molar-refractivity contribution in [3.05, 3.63) is 0 Å². The third-order valence-corrected chi connectivity index (χ3v) is 5.27. The van der Waals surface area contributed by atoms with E-state index in [2.05, 4.69) is 24.5 Å². The first-order valence-corrected chi connectivity index (χ1v) is 8.18. The molecule has 0 aromatic rings. The molecule has 120 valence electrons. The van der Waals surface area contributed by atoms with E-state index in [1.165, 1.54) is 0 Å². The second kappa shape index (κ2) is 6.77. The van der Waals surface area contributed by atoms with Gasteiger partial charge in [0, 0.05) is 31.5 Å². The number of likely N-dealkylation sites (tertiary alicyclic amines) is 1. The van der Waals surface area contributed by atoms with Crippen LogP contribution in [0.15, 0.2) is 0 Å². The summed E-state index contributed by atoms with van der Waals surface area (Å²) < 4.78 is 0. The minimum atomic E-state index is -0.312. The van der Waals surface area contributed by atoms with Crippen molar-refractivity contribution in [2.75, 3.05) is 33.2 Å². The van der Waals surface area contributed by atoms with Gasteiger partial charge in [-0.15, -0.1) is 0 Å². The van der Waals surface area contributed by atoms with Gasteiger partial charge in [-0.05, 0) is 44.7 Å². The topological polar surface area (TPSA) is 61.4 Å². The summed E-state index contributed by atoms with van der Waals surface area (Å²) >= 11 is 0. The Labute approximate surface area is 127 Å². The van der Waals surface area contributed by atoms with Crippen molar-refractivity contribution in [2.45, 2.75) is 39.5 Å². The Morgan fingerprint density at radius 1 is 1.19 bits per heavy atom. The average molecular weight is 295 g/mol. The van der Waals surface area contributed by atoms with Crippen LogP contribution in [0.5, 0.6) is 0 Å². The van der Waals surface area contributed by atoms with Gasteiger partial charge in [0.2, 0.25) is 11.8 Å². The van der Waals surface area contributed by atoms with Gasteiger partial charge in [-0.3, -0.25) is 9.59 Å². The Kier molecular flexibility index (Phi) is 5.25. The molecule has 0 spiro atoms. The molecule has 2 saturated heterocycles. The van der Waals surface area contributed by atoms with E-state index >= 15 is 0 Å². The second-order valence-corrected chi connectivity index (χ2v) is 6.95. The van der Waals surface area contributed by atoms with Crippen LogP contribution in [0.3, 0.4) is 0 Å². The zero-order valence-electron chi connectivity index (χ0n) is 13.6. The molecule has 0 aromatic heterocycles. The third-order valence-electron chi connectivity index (χ3n) is 5.27. The Hall–Kier alpha value is -1.10. The molecule has 21 heavy (non-hydrogen) atoms. The lowest BCUT2D eigenvalue weighted by Gasteiger charge is -2.41. The van der Waals surface area contributed by atoms with Crippen molar-refractivity contribution >= 4 is 11.8 Å². The predicted molar refractivity (Wildman–Crippen MR) is 82.7 cm³/mol. The van der Waals surface area contributed by atoms with E-state index in [4.69, 9.17) is 0 Å². The smallest absolute Gasteiger partial charge is 0.228 e. The molecule has 0 bridgehead atoms. The number of piperidine rings is 2. The number of hydrogen-bond donors (Lipinski definition) is 2. The molecule has 0 aliphatic carbocycles. The van der Waals surface area contributed by atoms with Gasteiger partial charge in [0.25, 0.3) is 0 Å². The Balaban J connectivity index is 1.92. The van der Waals surface area contributed by atoms with E-state index in [1.807, 2.05) is 4.90 Å². The standard InChI is InChI=1S/C16H29N3O2/c1-16(2,13-5-4-8-18-11-13)15(21)19-9-6-12(7-10-19)14(20)17-3/h12-13,18H,4-11H2,1-3H3,(H,17,20). The quantitative estimate of drug-likeness (QED) is 0.816. The first-order valence-electron chi connectivity index (χ1n) is 8.18. The van der Waals surface area contributed by atoms with E-state index < -0.39 is 0 Å². The fourth-order valence-corrected chi connectivity index (χ4v) is 3.60. The normalized spacial score (nSPS) is 24.7. The lowest BCUT2D eigenvalue weighted by molar-refractivity contribution is -0.146. The zero-order valence-corrected chi connectivity index (χ0v) is 13.6. The molecule has 0 aromatic carbocycles. The highest BCUT2D eigenvalue weighted by molar-refractivity contribution is 5.83. The maximum absolute atomic E-state index is 12.9. The SMILES string of the molecule is CNC(=O)C1CCN(C(=O)C(C)(C)C2CCCNC2)CC1. The van der Waals surface area contributed by atoms with Crippen LogP contribution < -0.4 is 10.6 Å². The molecule has 0 saturated carbocycles. The summed E-state index contributed by atoms with van der Waals surface area (Å²) in [5.74, 6) is 0.846. The van der Waals surface area contributed by atoms with Crippen molar-refractivity contribution < 1.29 is 9.59 Å². The maximum atomic E-state index is 12.9. The van der Waals surface area contributed by atoms with Gasteiger partial charge in [0.15, 0.2) is 0 Å². The van der Waals surface area contributed by atoms with Crippen molar-refractivity contribution in [1.29, 1.82) is 0 Å². The van der Waals surface area contributed by atoms with E-state index in [0.717, 1.165) is 38.8 Å². The van der Waals surface area contributed by atoms with E-state index in [9.17, 15) is 9.59 Å². The van der Waals surface area contributed by atoms with Gasteiger partial charge in [0.05, 0.1) is 0 Å². The highest BCUT2D eigenvalue weighted by Gasteiger charge is 2.41. The molecule has 2 N–H and O–H groups in total. The van der Waals surface area contributed by atoms with Crippen LogP contribution in [0.25, 0.3) is 0 Å². The summed E-state index contributed by atoms with van der Waals surface area (Å²) in [7, 11) is 1.68. The lowest BCUT2D eigenvalue weighted by Crippen LogP contribution is -2.51. The molecule has 2 aliphatic rings. The molecule has 2 heterocycles. The molecule has 5 heteroatoms. The molecule has 2 aliphatic heterocycles. The van der Waals surface area contributed by atoms with Crippen molar-refractivity contribution in [3.8, 4) is 0 Å². The summed E-state index contributed by atoms with van der Waals surface area (Å²) in [6.45, 7) is 7.59. The van der Waals surface area contributed by atoms with Crippen molar-refractivity contribution in [1.82, 2.24) is 15.5 Å². The summed E-state index contributed by atoms with van der Waals surface area (Å²) in [4.78, 5) is 26.5. The number of carbonyl (C=O) groups is 2. The molecular weight excluding hydrogens is 266 g/mol. The average Bonchev–Trinajstić information content (AvgIpc) is 2.54. The molecule has 1 atom stereocenters. The molecule has 2 rings (SSSR count). The molecule has 2 amide bonds. The minimum absolute atomic E-state index is 0.0681. The summed E-state index contributed by atoms with van der Waals surface area (Å²) in [5, 5.41) is 6.11. The van der Waals surface area contributed by atoms with E-state index in [1.54, 1.807) is 7.05 Å². The largest absolute Gasteiger partial charge is 0.359 e. The number of rotatable bonds is 3. The van der Waals surface area contributed by atoms with Gasteiger partial charge in [0.1, 0.15) is 0 Å². The van der Waals surface area contributed by atoms with E-state index in [0.29, 0.717) is 19.0 Å². The highest BCUT2D eigenvalue weighted by Crippen LogP contribution is 2.34. The number of amides is 2. The molecular formula is C16H29N3O2. The fraction of sp³-hybridized carbons (Fsp3) is 0.875. The number of nitrogens with zero attached hydrogens (tertiary/aromatic N) is 1. The highest BCUT2D eigenvalue weighted by atomic mass is 16.2. The third kappa shape index (κ3) is 3.57. The summed E-state index contributed by atoms with van der Waals surface area (Å²) in [6.07, 6.45) is 3.84.